The van der Waals surface area contributed by atoms with Gasteiger partial charge in [-0.1, -0.05) is 25.5 Å². The summed E-state index contributed by atoms with van der Waals surface area (Å²) in [6.45, 7) is 4.69. The molecule has 2 aromatic carbocycles. The van der Waals surface area contributed by atoms with E-state index in [1.807, 2.05) is 19.1 Å². The van der Waals surface area contributed by atoms with E-state index in [9.17, 15) is 13.2 Å². The van der Waals surface area contributed by atoms with Crippen LogP contribution in [0, 0.1) is 0 Å². The molecule has 2 aromatic rings. The van der Waals surface area contributed by atoms with Crippen molar-refractivity contribution in [3.05, 3.63) is 59.7 Å². The fourth-order valence-corrected chi connectivity index (χ4v) is 3.26. The zero-order valence-electron chi connectivity index (χ0n) is 16.3. The van der Waals surface area contributed by atoms with Gasteiger partial charge in [0.25, 0.3) is 5.91 Å². The normalized spacial score (nSPS) is 12.4. The summed E-state index contributed by atoms with van der Waals surface area (Å²) in [4.78, 5) is 14.7. The molecule has 27 heavy (non-hydrogen) atoms. The van der Waals surface area contributed by atoms with E-state index < -0.39 is 9.84 Å². The number of carbonyl (C=O) groups is 1. The Morgan fingerprint density at radius 3 is 2.19 bits per heavy atom. The highest BCUT2D eigenvalue weighted by Crippen LogP contribution is 2.23. The second-order valence-electron chi connectivity index (χ2n) is 6.66. The maximum absolute atomic E-state index is 12.7. The van der Waals surface area contributed by atoms with E-state index in [-0.39, 0.29) is 16.8 Å². The number of ether oxygens (including phenoxy) is 1. The Labute approximate surface area is 161 Å². The molecule has 0 radical (unpaired) electrons. The maximum atomic E-state index is 12.7. The molecule has 1 unspecified atom stereocenters. The van der Waals surface area contributed by atoms with Gasteiger partial charge in [0.15, 0.2) is 9.84 Å². The lowest BCUT2D eigenvalue weighted by atomic mass is 10.1. The minimum atomic E-state index is -3.23. The molecule has 1 amide bonds. The Morgan fingerprint density at radius 2 is 1.67 bits per heavy atom. The highest BCUT2D eigenvalue weighted by molar-refractivity contribution is 7.90. The Bertz CT molecular complexity index is 858. The van der Waals surface area contributed by atoms with Crippen molar-refractivity contribution < 1.29 is 17.9 Å². The van der Waals surface area contributed by atoms with Crippen LogP contribution >= 0.6 is 0 Å². The third kappa shape index (κ3) is 5.57. The summed E-state index contributed by atoms with van der Waals surface area (Å²) in [5.41, 5.74) is 1.46. The Kier molecular flexibility index (Phi) is 7.02. The van der Waals surface area contributed by atoms with Crippen molar-refractivity contribution in [3.63, 3.8) is 0 Å². The van der Waals surface area contributed by atoms with Crippen LogP contribution in [0.2, 0.25) is 0 Å². The van der Waals surface area contributed by atoms with Crippen LogP contribution in [0.15, 0.2) is 53.4 Å². The fraction of sp³-hybridized carbons (Fsp3) is 0.381. The number of benzene rings is 2. The van der Waals surface area contributed by atoms with E-state index in [2.05, 4.69) is 6.92 Å². The first-order chi connectivity index (χ1) is 12.7. The predicted octanol–water partition coefficient (Wildman–Crippen LogP) is 4.10. The Balaban J connectivity index is 2.07. The van der Waals surface area contributed by atoms with Gasteiger partial charge in [-0.05, 0) is 55.3 Å². The number of carbonyl (C=O) groups excluding carboxylic acids is 1. The number of sulfone groups is 1. The predicted molar refractivity (Wildman–Crippen MR) is 107 cm³/mol. The SMILES string of the molecule is CCCCOc1ccc(C(=O)N(C)C(C)c2ccc(S(C)(=O)=O)cc2)cc1. The molecule has 0 heterocycles. The van der Waals surface area contributed by atoms with Gasteiger partial charge in [-0.3, -0.25) is 4.79 Å². The average Bonchev–Trinajstić information content (AvgIpc) is 2.66. The van der Waals surface area contributed by atoms with Crippen LogP contribution in [0.25, 0.3) is 0 Å². The Hall–Kier alpha value is -2.34. The molecule has 0 aromatic heterocycles. The van der Waals surface area contributed by atoms with Crippen molar-refractivity contribution in [3.8, 4) is 5.75 Å². The smallest absolute Gasteiger partial charge is 0.254 e. The van der Waals surface area contributed by atoms with E-state index >= 15 is 0 Å². The lowest BCUT2D eigenvalue weighted by Gasteiger charge is -2.25. The summed E-state index contributed by atoms with van der Waals surface area (Å²) in [5.74, 6) is 0.655. The zero-order chi connectivity index (χ0) is 20.0. The first kappa shape index (κ1) is 21.0. The molecule has 6 heteroatoms. The summed E-state index contributed by atoms with van der Waals surface area (Å²) in [5, 5.41) is 0. The first-order valence-electron chi connectivity index (χ1n) is 9.04. The molecule has 0 aliphatic heterocycles. The topological polar surface area (TPSA) is 63.7 Å². The van der Waals surface area contributed by atoms with Crippen LogP contribution in [0.4, 0.5) is 0 Å². The second kappa shape index (κ2) is 9.04. The van der Waals surface area contributed by atoms with Crippen molar-refractivity contribution in [2.24, 2.45) is 0 Å². The van der Waals surface area contributed by atoms with E-state index in [1.54, 1.807) is 48.3 Å². The lowest BCUT2D eigenvalue weighted by molar-refractivity contribution is 0.0742. The van der Waals surface area contributed by atoms with Crippen molar-refractivity contribution in [1.82, 2.24) is 4.90 Å². The molecule has 0 aliphatic rings. The first-order valence-corrected chi connectivity index (χ1v) is 10.9. The minimum Gasteiger partial charge on any atom is -0.494 e. The van der Waals surface area contributed by atoms with E-state index in [4.69, 9.17) is 4.74 Å². The van der Waals surface area contributed by atoms with E-state index in [1.165, 1.54) is 6.26 Å². The van der Waals surface area contributed by atoms with Crippen LogP contribution in [0.3, 0.4) is 0 Å². The van der Waals surface area contributed by atoms with Crippen LogP contribution in [0.1, 0.15) is 48.7 Å². The lowest BCUT2D eigenvalue weighted by Crippen LogP contribution is -2.29. The highest BCUT2D eigenvalue weighted by Gasteiger charge is 2.19. The van der Waals surface area contributed by atoms with Gasteiger partial charge in [-0.2, -0.15) is 0 Å². The number of amides is 1. The quantitative estimate of drug-likeness (QED) is 0.638. The summed E-state index contributed by atoms with van der Waals surface area (Å²) < 4.78 is 28.8. The maximum Gasteiger partial charge on any atom is 0.254 e. The molecule has 1 atom stereocenters. The molecule has 0 saturated heterocycles. The zero-order valence-corrected chi connectivity index (χ0v) is 17.1. The minimum absolute atomic E-state index is 0.102. The molecule has 2 rings (SSSR count). The van der Waals surface area contributed by atoms with Gasteiger partial charge in [-0.25, -0.2) is 8.42 Å². The van der Waals surface area contributed by atoms with Gasteiger partial charge in [0.2, 0.25) is 0 Å². The van der Waals surface area contributed by atoms with Crippen molar-refractivity contribution in [2.45, 2.75) is 37.6 Å². The van der Waals surface area contributed by atoms with Gasteiger partial charge >= 0.3 is 0 Å². The third-order valence-corrected chi connectivity index (χ3v) is 5.69. The molecule has 0 spiro atoms. The van der Waals surface area contributed by atoms with Crippen LogP contribution in [-0.4, -0.2) is 39.1 Å². The molecule has 0 aliphatic carbocycles. The van der Waals surface area contributed by atoms with E-state index in [0.717, 1.165) is 24.2 Å². The molecule has 0 saturated carbocycles. The number of hydrogen-bond acceptors (Lipinski definition) is 4. The summed E-state index contributed by atoms with van der Waals surface area (Å²) >= 11 is 0. The van der Waals surface area contributed by atoms with Crippen molar-refractivity contribution >= 4 is 15.7 Å². The van der Waals surface area contributed by atoms with Crippen molar-refractivity contribution in [1.29, 1.82) is 0 Å². The number of hydrogen-bond donors (Lipinski definition) is 0. The largest absolute Gasteiger partial charge is 0.494 e. The fourth-order valence-electron chi connectivity index (χ4n) is 2.62. The van der Waals surface area contributed by atoms with Crippen LogP contribution < -0.4 is 4.74 Å². The van der Waals surface area contributed by atoms with Gasteiger partial charge < -0.3 is 9.64 Å². The molecule has 5 nitrogen and oxygen atoms in total. The summed E-state index contributed by atoms with van der Waals surface area (Å²) in [7, 11) is -1.49. The highest BCUT2D eigenvalue weighted by atomic mass is 32.2. The molecule has 0 N–H and O–H groups in total. The van der Waals surface area contributed by atoms with Gasteiger partial charge in [0, 0.05) is 18.9 Å². The number of unbranched alkanes of at least 4 members (excludes halogenated alkanes) is 1. The average molecular weight is 390 g/mol. The summed E-state index contributed by atoms with van der Waals surface area (Å²) in [6.07, 6.45) is 3.25. The van der Waals surface area contributed by atoms with Crippen LogP contribution in [0.5, 0.6) is 5.75 Å². The van der Waals surface area contributed by atoms with E-state index in [0.29, 0.717) is 12.2 Å². The van der Waals surface area contributed by atoms with Gasteiger partial charge in [-0.15, -0.1) is 0 Å². The van der Waals surface area contributed by atoms with Crippen LogP contribution in [-0.2, 0) is 9.84 Å². The molecule has 146 valence electrons. The van der Waals surface area contributed by atoms with Gasteiger partial charge in [0.05, 0.1) is 17.5 Å². The van der Waals surface area contributed by atoms with Gasteiger partial charge in [0.1, 0.15) is 5.75 Å². The monoisotopic (exact) mass is 389 g/mol. The molecule has 0 fully saturated rings. The third-order valence-electron chi connectivity index (χ3n) is 4.56. The second-order valence-corrected chi connectivity index (χ2v) is 8.68. The molecular formula is C21H27NO4S. The van der Waals surface area contributed by atoms with Crippen molar-refractivity contribution in [2.75, 3.05) is 19.9 Å². The summed E-state index contributed by atoms with van der Waals surface area (Å²) in [6, 6.07) is 13.6. The standard InChI is InChI=1S/C21H27NO4S/c1-5-6-15-26-19-11-7-18(8-12-19)21(23)22(3)16(2)17-9-13-20(14-10-17)27(4,24)25/h7-14,16H,5-6,15H2,1-4H3. The Morgan fingerprint density at radius 1 is 1.07 bits per heavy atom. The number of nitrogens with zero attached hydrogens (tertiary/aromatic N) is 1. The molecular weight excluding hydrogens is 362 g/mol. The molecule has 0 bridgehead atoms. The number of rotatable bonds is 8.